The second-order valence-corrected chi connectivity index (χ2v) is 5.52. The maximum absolute atomic E-state index is 11.9. The van der Waals surface area contributed by atoms with Gasteiger partial charge in [-0.1, -0.05) is 24.3 Å². The van der Waals surface area contributed by atoms with Crippen LogP contribution in [0.3, 0.4) is 0 Å². The number of halogens is 1. The average Bonchev–Trinajstić information content (AvgIpc) is 2.48. The molecule has 5 heteroatoms. The van der Waals surface area contributed by atoms with Gasteiger partial charge in [0.15, 0.2) is 0 Å². The fraction of sp³-hybridized carbons (Fsp3) is 0.125. The lowest BCUT2D eigenvalue weighted by Gasteiger charge is -2.11. The molecule has 21 heavy (non-hydrogen) atoms. The molecule has 0 aliphatic rings. The molecule has 0 spiro atoms. The summed E-state index contributed by atoms with van der Waals surface area (Å²) in [7, 11) is 3.97. The molecule has 0 bridgehead atoms. The normalized spacial score (nSPS) is 10.6. The van der Waals surface area contributed by atoms with Crippen molar-refractivity contribution < 1.29 is 4.79 Å². The molecular formula is C16H16BrN3O. The van der Waals surface area contributed by atoms with Crippen molar-refractivity contribution in [1.82, 2.24) is 5.43 Å². The van der Waals surface area contributed by atoms with E-state index in [1.165, 1.54) is 0 Å². The number of rotatable bonds is 4. The number of nitrogens with zero attached hydrogens (tertiary/aromatic N) is 2. The molecule has 2 rings (SSSR count). The van der Waals surface area contributed by atoms with Crippen LogP contribution in [-0.2, 0) is 0 Å². The van der Waals surface area contributed by atoms with Gasteiger partial charge in [0, 0.05) is 24.3 Å². The molecule has 108 valence electrons. The lowest BCUT2D eigenvalue weighted by atomic mass is 10.2. The Bertz CT molecular complexity index is 651. The molecule has 0 heterocycles. The molecular weight excluding hydrogens is 330 g/mol. The molecule has 0 saturated carbocycles. The van der Waals surface area contributed by atoms with Crippen LogP contribution in [0, 0.1) is 0 Å². The fourth-order valence-corrected chi connectivity index (χ4v) is 2.19. The number of hydrogen-bond donors (Lipinski definition) is 1. The van der Waals surface area contributed by atoms with Gasteiger partial charge in [-0.25, -0.2) is 5.43 Å². The van der Waals surface area contributed by atoms with Crippen LogP contribution in [-0.4, -0.2) is 26.2 Å². The Morgan fingerprint density at radius 2 is 1.81 bits per heavy atom. The van der Waals surface area contributed by atoms with Gasteiger partial charge in [-0.3, -0.25) is 4.79 Å². The third kappa shape index (κ3) is 4.16. The van der Waals surface area contributed by atoms with Crippen molar-refractivity contribution in [3.05, 3.63) is 64.1 Å². The molecule has 0 unspecified atom stereocenters. The average molecular weight is 346 g/mol. The molecule has 1 N–H and O–H groups in total. The number of anilines is 1. The SMILES string of the molecule is CN(C)c1ccc(/C=N\NC(=O)c2ccccc2Br)cc1. The van der Waals surface area contributed by atoms with Gasteiger partial charge < -0.3 is 4.90 Å². The van der Waals surface area contributed by atoms with Gasteiger partial charge in [-0.05, 0) is 45.8 Å². The van der Waals surface area contributed by atoms with Crippen LogP contribution in [0.2, 0.25) is 0 Å². The molecule has 0 radical (unpaired) electrons. The lowest BCUT2D eigenvalue weighted by Crippen LogP contribution is -2.18. The van der Waals surface area contributed by atoms with Crippen molar-refractivity contribution in [3.8, 4) is 0 Å². The van der Waals surface area contributed by atoms with Crippen LogP contribution in [0.5, 0.6) is 0 Å². The standard InChI is InChI=1S/C16H16BrN3O/c1-20(2)13-9-7-12(8-10-13)11-18-19-16(21)14-5-3-4-6-15(14)17/h3-11H,1-2H3,(H,19,21)/b18-11-. The number of carbonyl (C=O) groups excluding carboxylic acids is 1. The van der Waals surface area contributed by atoms with E-state index in [1.807, 2.05) is 61.5 Å². The van der Waals surface area contributed by atoms with Crippen molar-refractivity contribution >= 4 is 33.7 Å². The highest BCUT2D eigenvalue weighted by molar-refractivity contribution is 9.10. The van der Waals surface area contributed by atoms with E-state index in [-0.39, 0.29) is 5.91 Å². The van der Waals surface area contributed by atoms with E-state index in [9.17, 15) is 4.79 Å². The summed E-state index contributed by atoms with van der Waals surface area (Å²) in [6, 6.07) is 15.1. The van der Waals surface area contributed by atoms with E-state index in [4.69, 9.17) is 0 Å². The van der Waals surface area contributed by atoms with Crippen LogP contribution < -0.4 is 10.3 Å². The Morgan fingerprint density at radius 1 is 1.14 bits per heavy atom. The highest BCUT2D eigenvalue weighted by atomic mass is 79.9. The number of benzene rings is 2. The Labute approximate surface area is 132 Å². The van der Waals surface area contributed by atoms with E-state index in [1.54, 1.807) is 12.3 Å². The van der Waals surface area contributed by atoms with E-state index >= 15 is 0 Å². The molecule has 0 atom stereocenters. The molecule has 4 nitrogen and oxygen atoms in total. The van der Waals surface area contributed by atoms with Gasteiger partial charge in [0.05, 0.1) is 11.8 Å². The number of amides is 1. The second-order valence-electron chi connectivity index (χ2n) is 4.66. The Morgan fingerprint density at radius 3 is 2.43 bits per heavy atom. The summed E-state index contributed by atoms with van der Waals surface area (Å²) in [5.74, 6) is -0.247. The van der Waals surface area contributed by atoms with Crippen molar-refractivity contribution in [1.29, 1.82) is 0 Å². The zero-order chi connectivity index (χ0) is 15.2. The van der Waals surface area contributed by atoms with Gasteiger partial charge in [0.1, 0.15) is 0 Å². The minimum absolute atomic E-state index is 0.247. The minimum Gasteiger partial charge on any atom is -0.378 e. The summed E-state index contributed by atoms with van der Waals surface area (Å²) in [5, 5.41) is 3.97. The topological polar surface area (TPSA) is 44.7 Å². The summed E-state index contributed by atoms with van der Waals surface area (Å²) >= 11 is 3.34. The van der Waals surface area contributed by atoms with Crippen LogP contribution in [0.1, 0.15) is 15.9 Å². The fourth-order valence-electron chi connectivity index (χ4n) is 1.73. The quantitative estimate of drug-likeness (QED) is 0.682. The maximum Gasteiger partial charge on any atom is 0.272 e. The van der Waals surface area contributed by atoms with Gasteiger partial charge in [-0.15, -0.1) is 0 Å². The lowest BCUT2D eigenvalue weighted by molar-refractivity contribution is 0.0954. The van der Waals surface area contributed by atoms with Crippen LogP contribution in [0.4, 0.5) is 5.69 Å². The minimum atomic E-state index is -0.247. The summed E-state index contributed by atoms with van der Waals surface area (Å²) in [5.41, 5.74) is 5.11. The van der Waals surface area contributed by atoms with E-state index in [0.29, 0.717) is 5.56 Å². The van der Waals surface area contributed by atoms with E-state index in [0.717, 1.165) is 15.7 Å². The zero-order valence-electron chi connectivity index (χ0n) is 11.9. The molecule has 1 amide bonds. The highest BCUT2D eigenvalue weighted by Gasteiger charge is 2.07. The highest BCUT2D eigenvalue weighted by Crippen LogP contribution is 2.15. The first kappa shape index (κ1) is 15.3. The molecule has 2 aromatic carbocycles. The van der Waals surface area contributed by atoms with Gasteiger partial charge >= 0.3 is 0 Å². The Kier molecular flexibility index (Phi) is 5.11. The van der Waals surface area contributed by atoms with Crippen molar-refractivity contribution in [2.24, 2.45) is 5.10 Å². The maximum atomic E-state index is 11.9. The summed E-state index contributed by atoms with van der Waals surface area (Å²) < 4.78 is 0.744. The van der Waals surface area contributed by atoms with Crippen LogP contribution in [0.15, 0.2) is 58.1 Å². The van der Waals surface area contributed by atoms with Crippen LogP contribution in [0.25, 0.3) is 0 Å². The monoisotopic (exact) mass is 345 g/mol. The predicted molar refractivity (Wildman–Crippen MR) is 90.0 cm³/mol. The second kappa shape index (κ2) is 7.04. The van der Waals surface area contributed by atoms with Gasteiger partial charge in [-0.2, -0.15) is 5.10 Å². The number of nitrogens with one attached hydrogen (secondary N) is 1. The third-order valence-electron chi connectivity index (χ3n) is 2.91. The summed E-state index contributed by atoms with van der Waals surface area (Å²) in [6.07, 6.45) is 1.62. The molecule has 0 fully saturated rings. The number of hydrogen-bond acceptors (Lipinski definition) is 3. The van der Waals surface area contributed by atoms with Crippen molar-refractivity contribution in [2.75, 3.05) is 19.0 Å². The molecule has 2 aromatic rings. The Balaban J connectivity index is 1.99. The van der Waals surface area contributed by atoms with E-state index in [2.05, 4.69) is 26.5 Å². The molecule has 0 aliphatic carbocycles. The summed E-state index contributed by atoms with van der Waals surface area (Å²) in [6.45, 7) is 0. The Hall–Kier alpha value is -2.14. The zero-order valence-corrected chi connectivity index (χ0v) is 13.5. The smallest absolute Gasteiger partial charge is 0.272 e. The predicted octanol–water partition coefficient (Wildman–Crippen LogP) is 3.28. The largest absolute Gasteiger partial charge is 0.378 e. The first-order valence-electron chi connectivity index (χ1n) is 6.43. The first-order valence-corrected chi connectivity index (χ1v) is 7.22. The summed E-state index contributed by atoms with van der Waals surface area (Å²) in [4.78, 5) is 14.0. The molecule has 0 aliphatic heterocycles. The van der Waals surface area contributed by atoms with Gasteiger partial charge in [0.25, 0.3) is 5.91 Å². The number of hydrazone groups is 1. The molecule has 0 saturated heterocycles. The first-order chi connectivity index (χ1) is 10.1. The van der Waals surface area contributed by atoms with Crippen LogP contribution >= 0.6 is 15.9 Å². The van der Waals surface area contributed by atoms with E-state index < -0.39 is 0 Å². The van der Waals surface area contributed by atoms with Gasteiger partial charge in [0.2, 0.25) is 0 Å². The van der Waals surface area contributed by atoms with Crippen molar-refractivity contribution in [2.45, 2.75) is 0 Å². The molecule has 0 aromatic heterocycles. The number of carbonyl (C=O) groups is 1. The third-order valence-corrected chi connectivity index (χ3v) is 3.60. The van der Waals surface area contributed by atoms with Crippen molar-refractivity contribution in [3.63, 3.8) is 0 Å².